The Hall–Kier alpha value is -1.40. The molecule has 6 nitrogen and oxygen atoms in total. The number of likely N-dealkylation sites (N-methyl/N-ethyl adjacent to an activating group) is 1. The van der Waals surface area contributed by atoms with Crippen LogP contribution in [0.4, 0.5) is 0 Å². The SMILES string of the molecule is CCCn1cc(C(C(=O)O)N2CCN(C)CC2)cn1. The normalized spacial score (nSPS) is 19.5. The van der Waals surface area contributed by atoms with Gasteiger partial charge in [0.15, 0.2) is 0 Å². The van der Waals surface area contributed by atoms with Gasteiger partial charge >= 0.3 is 5.97 Å². The number of carbonyl (C=O) groups is 1. The largest absolute Gasteiger partial charge is 0.480 e. The molecule has 0 amide bonds. The molecule has 1 aliphatic heterocycles. The molecule has 1 fully saturated rings. The van der Waals surface area contributed by atoms with Gasteiger partial charge in [-0.25, -0.2) is 0 Å². The summed E-state index contributed by atoms with van der Waals surface area (Å²) in [5.41, 5.74) is 0.783. The minimum Gasteiger partial charge on any atom is -0.480 e. The first-order valence-electron chi connectivity index (χ1n) is 6.79. The Morgan fingerprint density at radius 2 is 2.11 bits per heavy atom. The summed E-state index contributed by atoms with van der Waals surface area (Å²) in [4.78, 5) is 15.8. The maximum Gasteiger partial charge on any atom is 0.325 e. The number of aliphatic carboxylic acids is 1. The number of aryl methyl sites for hydroxylation is 1. The molecule has 0 aliphatic carbocycles. The third-order valence-electron chi connectivity index (χ3n) is 3.56. The number of nitrogens with zero attached hydrogens (tertiary/aromatic N) is 4. The lowest BCUT2D eigenvalue weighted by Crippen LogP contribution is -2.47. The van der Waals surface area contributed by atoms with Crippen molar-refractivity contribution in [2.75, 3.05) is 33.2 Å². The van der Waals surface area contributed by atoms with Crippen LogP contribution in [-0.4, -0.2) is 63.9 Å². The van der Waals surface area contributed by atoms with Gasteiger partial charge in [-0.15, -0.1) is 0 Å². The van der Waals surface area contributed by atoms with Crippen LogP contribution in [0.1, 0.15) is 24.9 Å². The van der Waals surface area contributed by atoms with Crippen molar-refractivity contribution in [2.24, 2.45) is 0 Å². The topological polar surface area (TPSA) is 61.6 Å². The van der Waals surface area contributed by atoms with Crippen LogP contribution in [0.5, 0.6) is 0 Å². The fourth-order valence-electron chi connectivity index (χ4n) is 2.46. The number of carboxylic acids is 1. The fraction of sp³-hybridized carbons (Fsp3) is 0.692. The molecule has 0 radical (unpaired) electrons. The lowest BCUT2D eigenvalue weighted by molar-refractivity contribution is -0.144. The highest BCUT2D eigenvalue weighted by Gasteiger charge is 2.30. The average Bonchev–Trinajstić information content (AvgIpc) is 2.80. The number of carboxylic acid groups (broad SMARTS) is 1. The first-order chi connectivity index (χ1) is 9.11. The van der Waals surface area contributed by atoms with Crippen molar-refractivity contribution < 1.29 is 9.90 Å². The predicted octanol–water partition coefficient (Wildman–Crippen LogP) is 0.666. The van der Waals surface area contributed by atoms with Crippen LogP contribution >= 0.6 is 0 Å². The van der Waals surface area contributed by atoms with E-state index in [4.69, 9.17) is 0 Å². The van der Waals surface area contributed by atoms with E-state index in [9.17, 15) is 9.90 Å². The van der Waals surface area contributed by atoms with Crippen LogP contribution in [-0.2, 0) is 11.3 Å². The Bertz CT molecular complexity index is 424. The van der Waals surface area contributed by atoms with Gasteiger partial charge in [-0.05, 0) is 13.5 Å². The third-order valence-corrected chi connectivity index (χ3v) is 3.56. The highest BCUT2D eigenvalue weighted by Crippen LogP contribution is 2.22. The van der Waals surface area contributed by atoms with Crippen molar-refractivity contribution in [1.82, 2.24) is 19.6 Å². The van der Waals surface area contributed by atoms with E-state index >= 15 is 0 Å². The molecule has 0 spiro atoms. The van der Waals surface area contributed by atoms with Crippen LogP contribution < -0.4 is 0 Å². The van der Waals surface area contributed by atoms with E-state index in [1.165, 1.54) is 0 Å². The van der Waals surface area contributed by atoms with Crippen molar-refractivity contribution in [2.45, 2.75) is 25.9 Å². The summed E-state index contributed by atoms with van der Waals surface area (Å²) in [5, 5.41) is 13.7. The highest BCUT2D eigenvalue weighted by molar-refractivity contribution is 5.75. The van der Waals surface area contributed by atoms with Gasteiger partial charge in [0, 0.05) is 44.5 Å². The summed E-state index contributed by atoms with van der Waals surface area (Å²) in [5.74, 6) is -0.791. The number of hydrogen-bond acceptors (Lipinski definition) is 4. The highest BCUT2D eigenvalue weighted by atomic mass is 16.4. The number of aromatic nitrogens is 2. The molecule has 106 valence electrons. The Balaban J connectivity index is 2.12. The molecule has 6 heteroatoms. The van der Waals surface area contributed by atoms with Crippen LogP contribution in [0.25, 0.3) is 0 Å². The molecular formula is C13H22N4O2. The minimum atomic E-state index is -0.791. The maximum atomic E-state index is 11.6. The predicted molar refractivity (Wildman–Crippen MR) is 72.0 cm³/mol. The zero-order valence-corrected chi connectivity index (χ0v) is 11.6. The van der Waals surface area contributed by atoms with Crippen LogP contribution in [0.2, 0.25) is 0 Å². The molecule has 1 saturated heterocycles. The van der Waals surface area contributed by atoms with Crippen molar-refractivity contribution in [1.29, 1.82) is 0 Å². The van der Waals surface area contributed by atoms with Crippen molar-refractivity contribution >= 4 is 5.97 Å². The molecule has 0 bridgehead atoms. The Morgan fingerprint density at radius 1 is 1.42 bits per heavy atom. The molecule has 1 unspecified atom stereocenters. The molecule has 1 aromatic rings. The Morgan fingerprint density at radius 3 is 2.68 bits per heavy atom. The summed E-state index contributed by atoms with van der Waals surface area (Å²) in [6, 6.07) is -0.570. The zero-order chi connectivity index (χ0) is 13.8. The van der Waals surface area contributed by atoms with Gasteiger partial charge in [-0.2, -0.15) is 5.10 Å². The van der Waals surface area contributed by atoms with Gasteiger partial charge in [0.25, 0.3) is 0 Å². The van der Waals surface area contributed by atoms with E-state index in [-0.39, 0.29) is 0 Å². The van der Waals surface area contributed by atoms with E-state index in [2.05, 4.69) is 24.0 Å². The summed E-state index contributed by atoms with van der Waals surface area (Å²) in [7, 11) is 2.06. The standard InChI is InChI=1S/C13H22N4O2/c1-3-4-17-10-11(9-14-17)12(13(18)19)16-7-5-15(2)6-8-16/h9-10,12H,3-8H2,1-2H3,(H,18,19). The lowest BCUT2D eigenvalue weighted by Gasteiger charge is -2.35. The van der Waals surface area contributed by atoms with Gasteiger partial charge in [0.05, 0.1) is 6.20 Å². The van der Waals surface area contributed by atoms with Gasteiger partial charge < -0.3 is 10.0 Å². The van der Waals surface area contributed by atoms with Crippen LogP contribution in [0.3, 0.4) is 0 Å². The number of piperazine rings is 1. The molecule has 0 aromatic carbocycles. The lowest BCUT2D eigenvalue weighted by atomic mass is 10.1. The number of rotatable bonds is 5. The van der Waals surface area contributed by atoms with Gasteiger partial charge in [-0.1, -0.05) is 6.92 Å². The molecule has 19 heavy (non-hydrogen) atoms. The van der Waals surface area contributed by atoms with Crippen LogP contribution in [0, 0.1) is 0 Å². The van der Waals surface area contributed by atoms with Crippen molar-refractivity contribution in [3.63, 3.8) is 0 Å². The van der Waals surface area contributed by atoms with Crippen molar-refractivity contribution in [3.8, 4) is 0 Å². The van der Waals surface area contributed by atoms with E-state index in [1.54, 1.807) is 6.20 Å². The minimum absolute atomic E-state index is 0.570. The average molecular weight is 266 g/mol. The van der Waals surface area contributed by atoms with Crippen molar-refractivity contribution in [3.05, 3.63) is 18.0 Å². The second kappa shape index (κ2) is 6.16. The molecule has 1 aliphatic rings. The summed E-state index contributed by atoms with van der Waals surface area (Å²) in [6.07, 6.45) is 4.54. The first-order valence-corrected chi connectivity index (χ1v) is 6.79. The van der Waals surface area contributed by atoms with E-state index < -0.39 is 12.0 Å². The smallest absolute Gasteiger partial charge is 0.325 e. The number of hydrogen-bond donors (Lipinski definition) is 1. The van der Waals surface area contributed by atoms with Gasteiger partial charge in [0.2, 0.25) is 0 Å². The maximum absolute atomic E-state index is 11.6. The van der Waals surface area contributed by atoms with Crippen LogP contribution in [0.15, 0.2) is 12.4 Å². The Labute approximate surface area is 113 Å². The first kappa shape index (κ1) is 14.0. The zero-order valence-electron chi connectivity index (χ0n) is 11.6. The third kappa shape index (κ3) is 3.33. The van der Waals surface area contributed by atoms with Gasteiger partial charge in [-0.3, -0.25) is 14.4 Å². The molecule has 1 N–H and O–H groups in total. The molecule has 1 atom stereocenters. The Kier molecular flexibility index (Phi) is 4.55. The molecule has 2 heterocycles. The molecule has 2 rings (SSSR count). The summed E-state index contributed by atoms with van der Waals surface area (Å²) in [6.45, 7) is 6.30. The monoisotopic (exact) mass is 266 g/mol. The second-order valence-electron chi connectivity index (χ2n) is 5.12. The molecular weight excluding hydrogens is 244 g/mol. The molecule has 0 saturated carbocycles. The molecule has 1 aromatic heterocycles. The summed E-state index contributed by atoms with van der Waals surface area (Å²) >= 11 is 0. The van der Waals surface area contributed by atoms with E-state index in [0.29, 0.717) is 0 Å². The van der Waals surface area contributed by atoms with E-state index in [1.807, 2.05) is 15.8 Å². The second-order valence-corrected chi connectivity index (χ2v) is 5.12. The quantitative estimate of drug-likeness (QED) is 0.848. The fourth-order valence-corrected chi connectivity index (χ4v) is 2.46. The van der Waals surface area contributed by atoms with E-state index in [0.717, 1.165) is 44.7 Å². The summed E-state index contributed by atoms with van der Waals surface area (Å²) < 4.78 is 1.82. The van der Waals surface area contributed by atoms with Gasteiger partial charge in [0.1, 0.15) is 6.04 Å².